The maximum atomic E-state index is 14.0. The summed E-state index contributed by atoms with van der Waals surface area (Å²) in [6.07, 6.45) is 5.72. The van der Waals surface area contributed by atoms with E-state index in [1.807, 2.05) is 6.08 Å². The average molecular weight is 480 g/mol. The lowest BCUT2D eigenvalue weighted by Crippen LogP contribution is -2.29. The maximum Gasteiger partial charge on any atom is 0.102 e. The second kappa shape index (κ2) is 8.60. The normalized spacial score (nSPS) is 17.2. The lowest BCUT2D eigenvalue weighted by Gasteiger charge is -2.34. The first-order chi connectivity index (χ1) is 18.2. The molecule has 1 N–H and O–H groups in total. The van der Waals surface area contributed by atoms with Crippen molar-refractivity contribution in [1.29, 1.82) is 0 Å². The first-order valence-corrected chi connectivity index (χ1v) is 12.8. The van der Waals surface area contributed by atoms with Gasteiger partial charge in [-0.15, -0.1) is 0 Å². The summed E-state index contributed by atoms with van der Waals surface area (Å²) >= 11 is 0. The molecule has 2 aliphatic rings. The predicted molar refractivity (Wildman–Crippen MR) is 152 cm³/mol. The molecule has 5 aromatic carbocycles. The molecule has 0 spiro atoms. The van der Waals surface area contributed by atoms with E-state index in [0.29, 0.717) is 6.42 Å². The van der Waals surface area contributed by atoms with Crippen LogP contribution in [-0.4, -0.2) is 6.04 Å². The van der Waals surface area contributed by atoms with E-state index >= 15 is 0 Å². The Kier molecular flexibility index (Phi) is 5.07. The zero-order valence-corrected chi connectivity index (χ0v) is 20.4. The highest BCUT2D eigenvalue weighted by molar-refractivity contribution is 5.89. The molecule has 0 heterocycles. The highest BCUT2D eigenvalue weighted by atomic mass is 19.1. The maximum absolute atomic E-state index is 14.0. The number of benzene rings is 5. The number of rotatable bonds is 4. The van der Waals surface area contributed by atoms with Crippen LogP contribution in [0.4, 0.5) is 10.1 Å². The molecule has 178 valence electrons. The van der Waals surface area contributed by atoms with Crippen molar-refractivity contribution in [3.63, 3.8) is 0 Å². The van der Waals surface area contributed by atoms with E-state index in [4.69, 9.17) is 0 Å². The van der Waals surface area contributed by atoms with Gasteiger partial charge in [0.2, 0.25) is 0 Å². The molecule has 0 aromatic heterocycles. The standard InChI is InChI=1S/C35H26FN/c36-28-12-8-14-30(23-28)37-29-13-7-11-26(22-29)35(27-20-19-24-9-1-2-10-25(24)21-27)33-17-5-3-15-31(33)32-16-4-6-18-34(32)35/h1-22,30,37H,23H2. The Bertz CT molecular complexity index is 1660. The van der Waals surface area contributed by atoms with Crippen LogP contribution in [0.3, 0.4) is 0 Å². The van der Waals surface area contributed by atoms with Gasteiger partial charge < -0.3 is 5.32 Å². The number of allylic oxidation sites excluding steroid dienone is 2. The fourth-order valence-corrected chi connectivity index (χ4v) is 6.24. The molecule has 2 heteroatoms. The van der Waals surface area contributed by atoms with Gasteiger partial charge in [0.15, 0.2) is 0 Å². The molecule has 2 aliphatic carbocycles. The zero-order chi connectivity index (χ0) is 24.8. The number of nitrogens with one attached hydrogen (secondary N) is 1. The molecule has 7 rings (SSSR count). The van der Waals surface area contributed by atoms with Crippen LogP contribution < -0.4 is 5.32 Å². The molecule has 0 saturated carbocycles. The fourth-order valence-electron chi connectivity index (χ4n) is 6.24. The molecule has 0 aliphatic heterocycles. The molecule has 0 bridgehead atoms. The summed E-state index contributed by atoms with van der Waals surface area (Å²) in [6, 6.07) is 41.6. The Morgan fingerprint density at radius 2 is 1.32 bits per heavy atom. The van der Waals surface area contributed by atoms with Crippen molar-refractivity contribution in [2.45, 2.75) is 17.9 Å². The summed E-state index contributed by atoms with van der Waals surface area (Å²) in [5.41, 5.74) is 8.07. The van der Waals surface area contributed by atoms with Crippen LogP contribution in [0.25, 0.3) is 21.9 Å². The summed E-state index contributed by atoms with van der Waals surface area (Å²) in [5.74, 6) is -0.0950. The van der Waals surface area contributed by atoms with E-state index in [-0.39, 0.29) is 11.9 Å². The van der Waals surface area contributed by atoms with Crippen molar-refractivity contribution in [2.24, 2.45) is 0 Å². The molecular weight excluding hydrogens is 453 g/mol. The van der Waals surface area contributed by atoms with Gasteiger partial charge in [0, 0.05) is 12.1 Å². The number of fused-ring (bicyclic) bond motifs is 4. The molecule has 0 fully saturated rings. The van der Waals surface area contributed by atoms with Crippen molar-refractivity contribution in [3.8, 4) is 11.1 Å². The Morgan fingerprint density at radius 3 is 2.08 bits per heavy atom. The van der Waals surface area contributed by atoms with Gasteiger partial charge in [-0.3, -0.25) is 0 Å². The Balaban J connectivity index is 1.48. The van der Waals surface area contributed by atoms with Crippen molar-refractivity contribution >= 4 is 16.5 Å². The minimum Gasteiger partial charge on any atom is -0.378 e. The van der Waals surface area contributed by atoms with Crippen molar-refractivity contribution in [2.75, 3.05) is 5.32 Å². The summed E-state index contributed by atoms with van der Waals surface area (Å²) < 4.78 is 14.0. The topological polar surface area (TPSA) is 12.0 Å². The van der Waals surface area contributed by atoms with Crippen LogP contribution in [0, 0.1) is 0 Å². The molecule has 1 atom stereocenters. The zero-order valence-electron chi connectivity index (χ0n) is 20.4. The Hall–Kier alpha value is -4.43. The first kappa shape index (κ1) is 21.8. The van der Waals surface area contributed by atoms with Gasteiger partial charge in [-0.05, 0) is 68.4 Å². The second-order valence-electron chi connectivity index (χ2n) is 9.94. The lowest BCUT2D eigenvalue weighted by atomic mass is 9.67. The minimum atomic E-state index is -0.470. The molecular formula is C35H26FN. The quantitative estimate of drug-likeness (QED) is 0.266. The van der Waals surface area contributed by atoms with Gasteiger partial charge in [-0.25, -0.2) is 4.39 Å². The number of hydrogen-bond donors (Lipinski definition) is 1. The second-order valence-corrected chi connectivity index (χ2v) is 9.94. The van der Waals surface area contributed by atoms with Gasteiger partial charge in [0.1, 0.15) is 5.83 Å². The molecule has 5 aromatic rings. The van der Waals surface area contributed by atoms with E-state index < -0.39 is 5.41 Å². The monoisotopic (exact) mass is 479 g/mol. The summed E-state index contributed by atoms with van der Waals surface area (Å²) in [5, 5.41) is 6.01. The van der Waals surface area contributed by atoms with Gasteiger partial charge in [-0.2, -0.15) is 0 Å². The van der Waals surface area contributed by atoms with E-state index in [2.05, 4.69) is 121 Å². The van der Waals surface area contributed by atoms with Crippen LogP contribution in [0.1, 0.15) is 28.7 Å². The third-order valence-electron chi connectivity index (χ3n) is 7.82. The van der Waals surface area contributed by atoms with Crippen LogP contribution >= 0.6 is 0 Å². The van der Waals surface area contributed by atoms with E-state index in [1.165, 1.54) is 50.2 Å². The van der Waals surface area contributed by atoms with Gasteiger partial charge in [0.05, 0.1) is 11.5 Å². The van der Waals surface area contributed by atoms with Crippen LogP contribution in [-0.2, 0) is 5.41 Å². The lowest BCUT2D eigenvalue weighted by molar-refractivity contribution is 0.572. The Labute approximate surface area is 216 Å². The molecule has 0 radical (unpaired) electrons. The van der Waals surface area contributed by atoms with E-state index in [0.717, 1.165) is 5.69 Å². The number of anilines is 1. The van der Waals surface area contributed by atoms with Crippen molar-refractivity contribution < 1.29 is 4.39 Å². The van der Waals surface area contributed by atoms with E-state index in [1.54, 1.807) is 6.08 Å². The van der Waals surface area contributed by atoms with Gasteiger partial charge in [0.25, 0.3) is 0 Å². The smallest absolute Gasteiger partial charge is 0.102 e. The Morgan fingerprint density at radius 1 is 0.649 bits per heavy atom. The predicted octanol–water partition coefficient (Wildman–Crippen LogP) is 8.80. The largest absolute Gasteiger partial charge is 0.378 e. The van der Waals surface area contributed by atoms with Gasteiger partial charge in [-0.1, -0.05) is 109 Å². The minimum absolute atomic E-state index is 0.0694. The SMILES string of the molecule is FC1=CC=CC(Nc2cccc(C3(c4ccc5ccccc5c4)c4ccccc4-c4ccccc43)c2)C1. The first-order valence-electron chi connectivity index (χ1n) is 12.8. The molecule has 0 amide bonds. The summed E-state index contributed by atoms with van der Waals surface area (Å²) in [7, 11) is 0. The van der Waals surface area contributed by atoms with Gasteiger partial charge >= 0.3 is 0 Å². The average Bonchev–Trinajstić information content (AvgIpc) is 3.24. The molecule has 37 heavy (non-hydrogen) atoms. The van der Waals surface area contributed by atoms with Crippen LogP contribution in [0.15, 0.2) is 139 Å². The van der Waals surface area contributed by atoms with Crippen LogP contribution in [0.2, 0.25) is 0 Å². The van der Waals surface area contributed by atoms with Crippen LogP contribution in [0.5, 0.6) is 0 Å². The molecule has 1 nitrogen and oxygen atoms in total. The highest BCUT2D eigenvalue weighted by Gasteiger charge is 2.46. The number of hydrogen-bond acceptors (Lipinski definition) is 1. The fraction of sp³-hybridized carbons (Fsp3) is 0.0857. The molecule has 0 saturated heterocycles. The van der Waals surface area contributed by atoms with E-state index in [9.17, 15) is 4.39 Å². The third-order valence-corrected chi connectivity index (χ3v) is 7.82. The van der Waals surface area contributed by atoms with Crippen molar-refractivity contribution in [3.05, 3.63) is 162 Å². The molecule has 1 unspecified atom stereocenters. The summed E-state index contributed by atoms with van der Waals surface area (Å²) in [6.45, 7) is 0. The summed E-state index contributed by atoms with van der Waals surface area (Å²) in [4.78, 5) is 0. The highest BCUT2D eigenvalue weighted by Crippen LogP contribution is 2.56. The number of halogens is 1. The van der Waals surface area contributed by atoms with Crippen molar-refractivity contribution in [1.82, 2.24) is 0 Å². The third kappa shape index (κ3) is 3.44.